The summed E-state index contributed by atoms with van der Waals surface area (Å²) >= 11 is 7.05. The molecule has 110 valence electrons. The topological polar surface area (TPSA) is 33.6 Å². The summed E-state index contributed by atoms with van der Waals surface area (Å²) < 4.78 is 7.54. The molecular formula is C16H16Br2N2O. The van der Waals surface area contributed by atoms with Gasteiger partial charge in [0.25, 0.3) is 0 Å². The van der Waals surface area contributed by atoms with Crippen LogP contribution >= 0.6 is 31.9 Å². The Morgan fingerprint density at radius 1 is 1.10 bits per heavy atom. The number of rotatable bonds is 5. The Kier molecular flexibility index (Phi) is 5.82. The predicted molar refractivity (Wildman–Crippen MR) is 95.3 cm³/mol. The number of nitrogens with one attached hydrogen (secondary N) is 1. The van der Waals surface area contributed by atoms with Gasteiger partial charge in [-0.25, -0.2) is 0 Å². The van der Waals surface area contributed by atoms with Crippen LogP contribution in [0.1, 0.15) is 19.4 Å². The highest BCUT2D eigenvalue weighted by molar-refractivity contribution is 9.11. The molecule has 21 heavy (non-hydrogen) atoms. The van der Waals surface area contributed by atoms with Crippen molar-refractivity contribution in [3.05, 3.63) is 57.0 Å². The van der Waals surface area contributed by atoms with Gasteiger partial charge in [0.15, 0.2) is 0 Å². The van der Waals surface area contributed by atoms with Crippen LogP contribution in [0.25, 0.3) is 0 Å². The zero-order valence-electron chi connectivity index (χ0n) is 11.8. The minimum atomic E-state index is 0.122. The Hall–Kier alpha value is -1.33. The summed E-state index contributed by atoms with van der Waals surface area (Å²) in [5.41, 5.74) is 4.90. The van der Waals surface area contributed by atoms with E-state index in [1.807, 2.05) is 56.3 Å². The third-order valence-corrected chi connectivity index (χ3v) is 3.73. The van der Waals surface area contributed by atoms with E-state index in [1.165, 1.54) is 0 Å². The molecule has 5 heteroatoms. The number of ether oxygens (including phenoxy) is 1. The number of halogens is 2. The van der Waals surface area contributed by atoms with Crippen LogP contribution in [0.3, 0.4) is 0 Å². The normalized spacial score (nSPS) is 11.1. The predicted octanol–water partition coefficient (Wildman–Crippen LogP) is 5.44. The van der Waals surface area contributed by atoms with E-state index in [1.54, 1.807) is 6.21 Å². The lowest BCUT2D eigenvalue weighted by molar-refractivity contribution is 0.239. The SMILES string of the molecule is CC(C)Oc1c(Br)cc(/C=N/Nc2ccccc2)cc1Br. The van der Waals surface area contributed by atoms with E-state index in [0.29, 0.717) is 0 Å². The first-order chi connectivity index (χ1) is 10.1. The molecule has 0 aliphatic heterocycles. The first-order valence-corrected chi connectivity index (χ1v) is 8.14. The fourth-order valence-corrected chi connectivity index (χ4v) is 3.11. The Labute approximate surface area is 141 Å². The summed E-state index contributed by atoms with van der Waals surface area (Å²) in [6, 6.07) is 13.8. The highest BCUT2D eigenvalue weighted by Crippen LogP contribution is 2.35. The number of hydrogen-bond donors (Lipinski definition) is 1. The number of nitrogens with zero attached hydrogens (tertiary/aromatic N) is 1. The Bertz CT molecular complexity index is 604. The number of para-hydroxylation sites is 1. The maximum Gasteiger partial charge on any atom is 0.148 e. The average Bonchev–Trinajstić information content (AvgIpc) is 2.44. The molecule has 3 nitrogen and oxygen atoms in total. The van der Waals surface area contributed by atoms with Crippen molar-refractivity contribution in [2.24, 2.45) is 5.10 Å². The number of hydrazone groups is 1. The summed E-state index contributed by atoms with van der Waals surface area (Å²) in [4.78, 5) is 0. The van der Waals surface area contributed by atoms with Crippen LogP contribution in [0, 0.1) is 0 Å². The summed E-state index contributed by atoms with van der Waals surface area (Å²) in [7, 11) is 0. The van der Waals surface area contributed by atoms with Gasteiger partial charge in [0, 0.05) is 0 Å². The molecule has 0 heterocycles. The van der Waals surface area contributed by atoms with Gasteiger partial charge in [-0.2, -0.15) is 5.10 Å². The fourth-order valence-electron chi connectivity index (χ4n) is 1.70. The van der Waals surface area contributed by atoms with Gasteiger partial charge in [0.05, 0.1) is 27.0 Å². The lowest BCUT2D eigenvalue weighted by atomic mass is 10.2. The molecule has 0 aliphatic rings. The summed E-state index contributed by atoms with van der Waals surface area (Å²) in [5.74, 6) is 0.804. The van der Waals surface area contributed by atoms with Gasteiger partial charge in [-0.3, -0.25) is 5.43 Å². The first-order valence-electron chi connectivity index (χ1n) is 6.56. The Balaban J connectivity index is 2.11. The monoisotopic (exact) mass is 410 g/mol. The lowest BCUT2D eigenvalue weighted by Gasteiger charge is -2.13. The zero-order chi connectivity index (χ0) is 15.2. The van der Waals surface area contributed by atoms with Crippen molar-refractivity contribution in [3.8, 4) is 5.75 Å². The van der Waals surface area contributed by atoms with E-state index in [4.69, 9.17) is 4.74 Å². The maximum absolute atomic E-state index is 5.75. The number of hydrogen-bond acceptors (Lipinski definition) is 3. The second-order valence-electron chi connectivity index (χ2n) is 4.72. The second-order valence-corrected chi connectivity index (χ2v) is 6.42. The molecule has 0 fully saturated rings. The zero-order valence-corrected chi connectivity index (χ0v) is 15.0. The largest absolute Gasteiger partial charge is 0.489 e. The van der Waals surface area contributed by atoms with Crippen LogP contribution in [0.15, 0.2) is 56.5 Å². The van der Waals surface area contributed by atoms with Crippen molar-refractivity contribution in [2.75, 3.05) is 5.43 Å². The quantitative estimate of drug-likeness (QED) is 0.524. The highest BCUT2D eigenvalue weighted by Gasteiger charge is 2.09. The van der Waals surface area contributed by atoms with Gasteiger partial charge in [0.2, 0.25) is 0 Å². The van der Waals surface area contributed by atoms with Gasteiger partial charge >= 0.3 is 0 Å². The number of anilines is 1. The van der Waals surface area contributed by atoms with Crippen molar-refractivity contribution in [1.82, 2.24) is 0 Å². The minimum absolute atomic E-state index is 0.122. The molecule has 0 radical (unpaired) electrons. The van der Waals surface area contributed by atoms with Gasteiger partial charge in [-0.15, -0.1) is 0 Å². The van der Waals surface area contributed by atoms with E-state index < -0.39 is 0 Å². The van der Waals surface area contributed by atoms with Crippen molar-refractivity contribution in [1.29, 1.82) is 0 Å². The van der Waals surface area contributed by atoms with Crippen LogP contribution in [0.2, 0.25) is 0 Å². The van der Waals surface area contributed by atoms with E-state index in [9.17, 15) is 0 Å². The highest BCUT2D eigenvalue weighted by atomic mass is 79.9. The third kappa shape index (κ3) is 4.86. The summed E-state index contributed by atoms with van der Waals surface area (Å²) in [6.45, 7) is 4.00. The molecule has 0 bridgehead atoms. The van der Waals surface area contributed by atoms with Crippen molar-refractivity contribution >= 4 is 43.8 Å². The Morgan fingerprint density at radius 2 is 1.71 bits per heavy atom. The maximum atomic E-state index is 5.75. The number of benzene rings is 2. The fraction of sp³-hybridized carbons (Fsp3) is 0.188. The molecule has 2 aromatic carbocycles. The van der Waals surface area contributed by atoms with Crippen LogP contribution < -0.4 is 10.2 Å². The molecular weight excluding hydrogens is 396 g/mol. The molecule has 0 atom stereocenters. The summed E-state index contributed by atoms with van der Waals surface area (Å²) in [5, 5.41) is 4.23. The second kappa shape index (κ2) is 7.61. The van der Waals surface area contributed by atoms with E-state index in [2.05, 4.69) is 42.4 Å². The Morgan fingerprint density at radius 3 is 2.29 bits per heavy atom. The molecule has 0 saturated heterocycles. The molecule has 0 spiro atoms. The smallest absolute Gasteiger partial charge is 0.148 e. The van der Waals surface area contributed by atoms with E-state index in [-0.39, 0.29) is 6.10 Å². The van der Waals surface area contributed by atoms with Crippen LogP contribution in [0.5, 0.6) is 5.75 Å². The van der Waals surface area contributed by atoms with Crippen molar-refractivity contribution in [2.45, 2.75) is 20.0 Å². The van der Waals surface area contributed by atoms with Crippen LogP contribution in [0.4, 0.5) is 5.69 Å². The minimum Gasteiger partial charge on any atom is -0.489 e. The average molecular weight is 412 g/mol. The molecule has 0 aliphatic carbocycles. The van der Waals surface area contributed by atoms with E-state index >= 15 is 0 Å². The van der Waals surface area contributed by atoms with Crippen molar-refractivity contribution in [3.63, 3.8) is 0 Å². The molecule has 1 N–H and O–H groups in total. The molecule has 0 aromatic heterocycles. The van der Waals surface area contributed by atoms with Gasteiger partial charge in [0.1, 0.15) is 5.75 Å². The van der Waals surface area contributed by atoms with E-state index in [0.717, 1.165) is 25.9 Å². The molecule has 0 unspecified atom stereocenters. The molecule has 2 rings (SSSR count). The standard InChI is InChI=1S/C16H16Br2N2O/c1-11(2)21-16-14(17)8-12(9-15(16)18)10-19-20-13-6-4-3-5-7-13/h3-11,20H,1-2H3/b19-10+. The van der Waals surface area contributed by atoms with Crippen LogP contribution in [-0.4, -0.2) is 12.3 Å². The molecule has 0 saturated carbocycles. The third-order valence-electron chi connectivity index (χ3n) is 2.56. The van der Waals surface area contributed by atoms with Crippen molar-refractivity contribution < 1.29 is 4.74 Å². The van der Waals surface area contributed by atoms with Gasteiger partial charge in [-0.1, -0.05) is 18.2 Å². The van der Waals surface area contributed by atoms with Crippen LogP contribution in [-0.2, 0) is 0 Å². The first kappa shape index (κ1) is 16.0. The van der Waals surface area contributed by atoms with Gasteiger partial charge in [-0.05, 0) is 75.5 Å². The molecule has 0 amide bonds. The lowest BCUT2D eigenvalue weighted by Crippen LogP contribution is -2.06. The summed E-state index contributed by atoms with van der Waals surface area (Å²) in [6.07, 6.45) is 1.89. The van der Waals surface area contributed by atoms with Gasteiger partial charge < -0.3 is 4.74 Å². The molecule has 2 aromatic rings.